The summed E-state index contributed by atoms with van der Waals surface area (Å²) in [6, 6.07) is 0. The largest absolute Gasteiger partial charge is 0 e. The molecule has 0 heterocycles. The molecule has 0 atom stereocenters. The van der Waals surface area contributed by atoms with E-state index in [2.05, 4.69) is 0 Å². The van der Waals surface area contributed by atoms with Crippen LogP contribution in [0.1, 0.15) is 0 Å². The van der Waals surface area contributed by atoms with Crippen LogP contribution in [-0.2, 0) is 49.8 Å². The minimum atomic E-state index is 0. The Hall–Kier alpha value is 4.08. The Bertz CT molecular complexity index is 8.00. The monoisotopic (exact) mass is 449 g/mol. The van der Waals surface area contributed by atoms with Gasteiger partial charge in [-0.15, -0.1) is 0 Å². The summed E-state index contributed by atoms with van der Waals surface area (Å²) in [5.74, 6) is 0. The molecule has 25 valence electrons. The molecule has 0 aromatic rings. The van der Waals surface area contributed by atoms with Crippen molar-refractivity contribution in [2.45, 2.75) is 0 Å². The van der Waals surface area contributed by atoms with Crippen LogP contribution < -0.4 is 0 Å². The summed E-state index contributed by atoms with van der Waals surface area (Å²) in [5.41, 5.74) is 0. The van der Waals surface area contributed by atoms with Crippen molar-refractivity contribution in [3.05, 3.63) is 0 Å². The molecule has 0 N–H and O–H groups in total. The molecule has 4 heteroatoms. The van der Waals surface area contributed by atoms with Crippen molar-refractivity contribution < 1.29 is 123 Å². The van der Waals surface area contributed by atoms with E-state index in [1.54, 1.807) is 0 Å². The molecule has 0 saturated heterocycles. The van der Waals surface area contributed by atoms with Crippen molar-refractivity contribution in [1.82, 2.24) is 0 Å². The topological polar surface area (TPSA) is 0 Å². The summed E-state index contributed by atoms with van der Waals surface area (Å²) in [6.07, 6.45) is 0. The van der Waals surface area contributed by atoms with Crippen LogP contribution >= 0.6 is 0 Å². The molecule has 4 heavy (non-hydrogen) atoms. The van der Waals surface area contributed by atoms with Crippen LogP contribution in [0.15, 0.2) is 0 Å². The Balaban J connectivity index is 0. The van der Waals surface area contributed by atoms with Crippen LogP contribution in [0.25, 0.3) is 0 Å². The molecule has 0 bridgehead atoms. The molecule has 0 aliphatic heterocycles. The first-order chi connectivity index (χ1) is 0. The summed E-state index contributed by atoms with van der Waals surface area (Å²) in [7, 11) is 0. The van der Waals surface area contributed by atoms with E-state index in [0.29, 0.717) is 0 Å². The van der Waals surface area contributed by atoms with Crippen molar-refractivity contribution in [2.75, 3.05) is 0 Å². The molecular formula is FeHoLaY. The van der Waals surface area contributed by atoms with E-state index in [0.717, 1.165) is 0 Å². The maximum Gasteiger partial charge on any atom is 0 e. The van der Waals surface area contributed by atoms with Gasteiger partial charge >= 0.3 is 0 Å². The van der Waals surface area contributed by atoms with E-state index >= 15 is 0 Å². The molecule has 0 fully saturated rings. The quantitative estimate of drug-likeness (QED) is 0.458. The predicted octanol–water partition coefficient (Wildman–Crippen LogP) is -0.00500. The van der Waals surface area contributed by atoms with E-state index in [1.807, 2.05) is 0 Å². The molecule has 0 aliphatic carbocycles. The standard InChI is InChI=1S/Fe.Ho.La.Y. The fourth-order valence-corrected chi connectivity index (χ4v) is 0. The summed E-state index contributed by atoms with van der Waals surface area (Å²) in [5, 5.41) is 0. The van der Waals surface area contributed by atoms with Crippen molar-refractivity contribution in [3.63, 3.8) is 0 Å². The van der Waals surface area contributed by atoms with Crippen molar-refractivity contribution in [2.24, 2.45) is 0 Å². The first kappa shape index (κ1) is 24.3. The second-order valence-electron chi connectivity index (χ2n) is 0. The molecule has 0 aliphatic rings. The Labute approximate surface area is 120 Å². The number of rotatable bonds is 0. The van der Waals surface area contributed by atoms with E-state index in [9.17, 15) is 0 Å². The molecule has 0 amide bonds. The molecule has 0 unspecified atom stereocenters. The molecule has 0 nitrogen and oxygen atoms in total. The van der Waals surface area contributed by atoms with Gasteiger partial charge in [-0.05, 0) is 0 Å². The smallest absolute Gasteiger partial charge is 0 e. The van der Waals surface area contributed by atoms with Crippen molar-refractivity contribution >= 4 is 0 Å². The van der Waals surface area contributed by atoms with Crippen molar-refractivity contribution in [3.8, 4) is 0 Å². The second kappa shape index (κ2) is 15.7. The third-order valence-electron chi connectivity index (χ3n) is 0. The molecule has 3 radical (unpaired) electrons. The Morgan fingerprint density at radius 1 is 1.00 bits per heavy atom. The van der Waals surface area contributed by atoms with Gasteiger partial charge in [-0.25, -0.2) is 0 Å². The van der Waals surface area contributed by atoms with Crippen LogP contribution in [-0.4, -0.2) is 0 Å². The summed E-state index contributed by atoms with van der Waals surface area (Å²) in [4.78, 5) is 0. The first-order valence-corrected chi connectivity index (χ1v) is 0. The third kappa shape index (κ3) is 9.42. The summed E-state index contributed by atoms with van der Waals surface area (Å²) < 4.78 is 0. The zero-order valence-electron chi connectivity index (χ0n) is 1.81. The van der Waals surface area contributed by atoms with Gasteiger partial charge in [0.05, 0.1) is 0 Å². The van der Waals surface area contributed by atoms with Crippen LogP contribution in [0.5, 0.6) is 0 Å². The number of hydrogen-bond donors (Lipinski definition) is 0. The molecule has 0 aromatic carbocycles. The molecule has 0 spiro atoms. The van der Waals surface area contributed by atoms with Crippen LogP contribution in [0.3, 0.4) is 0 Å². The fourth-order valence-electron chi connectivity index (χ4n) is 0. The van der Waals surface area contributed by atoms with Gasteiger partial charge in [0.2, 0.25) is 0 Å². The van der Waals surface area contributed by atoms with Gasteiger partial charge in [0.15, 0.2) is 0 Å². The van der Waals surface area contributed by atoms with Crippen LogP contribution in [0.2, 0.25) is 0 Å². The fraction of sp³-hybridized carbons (Fsp3) is 0. The van der Waals surface area contributed by atoms with Gasteiger partial charge in [-0.2, -0.15) is 0 Å². The van der Waals surface area contributed by atoms with Gasteiger partial charge in [-0.1, -0.05) is 0 Å². The zero-order chi connectivity index (χ0) is 0. The molecular weight excluding hydrogens is 449 g/mol. The summed E-state index contributed by atoms with van der Waals surface area (Å²) in [6.45, 7) is 0. The second-order valence-corrected chi connectivity index (χ2v) is 0. The van der Waals surface area contributed by atoms with Gasteiger partial charge in [0, 0.05) is 123 Å². The van der Waals surface area contributed by atoms with Crippen LogP contribution in [0, 0.1) is 73.3 Å². The van der Waals surface area contributed by atoms with Gasteiger partial charge in [-0.3, -0.25) is 0 Å². The summed E-state index contributed by atoms with van der Waals surface area (Å²) >= 11 is 0. The Kier molecular flexibility index (Phi) is 95.7. The number of hydrogen-bond acceptors (Lipinski definition) is 0. The van der Waals surface area contributed by atoms with E-state index < -0.39 is 0 Å². The maximum absolute atomic E-state index is 0. The minimum absolute atomic E-state index is 0. The first-order valence-electron chi connectivity index (χ1n) is 0. The third-order valence-corrected chi connectivity index (χ3v) is 0. The molecule has 0 saturated carbocycles. The van der Waals surface area contributed by atoms with E-state index in [-0.39, 0.29) is 123 Å². The molecule has 0 rings (SSSR count). The van der Waals surface area contributed by atoms with Gasteiger partial charge < -0.3 is 0 Å². The molecule has 0 aromatic heterocycles. The average molecular weight is 449 g/mol. The van der Waals surface area contributed by atoms with E-state index in [4.69, 9.17) is 0 Å². The minimum Gasteiger partial charge on any atom is 0 e. The maximum atomic E-state index is 0. The van der Waals surface area contributed by atoms with E-state index in [1.165, 1.54) is 0 Å². The zero-order valence-corrected chi connectivity index (χ0v) is 11.3. The normalized spacial score (nSPS) is 0. The van der Waals surface area contributed by atoms with Crippen LogP contribution in [0.4, 0.5) is 0 Å². The SMILES string of the molecule is [Fe].[Ho].[La].[Y]. The Morgan fingerprint density at radius 2 is 1.00 bits per heavy atom. The van der Waals surface area contributed by atoms with Gasteiger partial charge in [0.1, 0.15) is 0 Å². The predicted molar refractivity (Wildman–Crippen MR) is 0 cm³/mol. The Morgan fingerprint density at radius 3 is 1.00 bits per heavy atom. The van der Waals surface area contributed by atoms with Crippen molar-refractivity contribution in [1.29, 1.82) is 0 Å². The average Bonchev–Trinajstić information content (AvgIpc) is 0. The van der Waals surface area contributed by atoms with Gasteiger partial charge in [0.25, 0.3) is 0 Å².